The van der Waals surface area contributed by atoms with Crippen LogP contribution in [0.5, 0.6) is 0 Å². The molecule has 7 aromatic rings. The van der Waals surface area contributed by atoms with Gasteiger partial charge in [0, 0.05) is 22.1 Å². The lowest BCUT2D eigenvalue weighted by Gasteiger charge is -2.21. The third-order valence-corrected chi connectivity index (χ3v) is 9.34. The number of hydrogen-bond acceptors (Lipinski definition) is 3. The summed E-state index contributed by atoms with van der Waals surface area (Å²) in [6, 6.07) is 54.9. The van der Waals surface area contributed by atoms with Crippen LogP contribution in [0, 0.1) is 11.3 Å². The van der Waals surface area contributed by atoms with Gasteiger partial charge in [0.15, 0.2) is 5.82 Å². The predicted molar refractivity (Wildman–Crippen MR) is 191 cm³/mol. The summed E-state index contributed by atoms with van der Waals surface area (Å²) in [6.07, 6.45) is 0. The van der Waals surface area contributed by atoms with Gasteiger partial charge in [-0.3, -0.25) is 0 Å². The van der Waals surface area contributed by atoms with E-state index in [1.807, 2.05) is 36.4 Å². The lowest BCUT2D eigenvalue weighted by atomic mass is 9.81. The van der Waals surface area contributed by atoms with Crippen molar-refractivity contribution < 1.29 is 0 Å². The first-order valence-corrected chi connectivity index (χ1v) is 15.9. The molecule has 0 N–H and O–H groups in total. The van der Waals surface area contributed by atoms with Crippen LogP contribution < -0.4 is 0 Å². The summed E-state index contributed by atoms with van der Waals surface area (Å²) in [4.78, 5) is 10.3. The topological polar surface area (TPSA) is 49.6 Å². The average molecular weight is 602 g/mol. The highest BCUT2D eigenvalue weighted by Gasteiger charge is 2.37. The Morgan fingerprint density at radius 3 is 1.74 bits per heavy atom. The molecule has 1 heterocycles. The van der Waals surface area contributed by atoms with Crippen LogP contribution in [0.25, 0.3) is 67.3 Å². The SMILES string of the molecule is CC1(C)c2cc(C#N)ccc2-c2c(-c3cccc(-c4nc(-c5ccccc5)cc(-c5ccc(-c6ccccc6)cc5)n4)c3)cccc21. The fourth-order valence-corrected chi connectivity index (χ4v) is 6.87. The molecule has 0 aliphatic heterocycles. The Balaban J connectivity index is 1.25. The summed E-state index contributed by atoms with van der Waals surface area (Å²) in [6.45, 7) is 4.49. The largest absolute Gasteiger partial charge is 0.228 e. The molecule has 8 rings (SSSR count). The molecule has 0 bridgehead atoms. The molecule has 6 aromatic carbocycles. The maximum Gasteiger partial charge on any atom is 0.160 e. The lowest BCUT2D eigenvalue weighted by Crippen LogP contribution is -2.15. The Bertz CT molecular complexity index is 2310. The minimum absolute atomic E-state index is 0.205. The van der Waals surface area contributed by atoms with Crippen molar-refractivity contribution in [2.75, 3.05) is 0 Å². The lowest BCUT2D eigenvalue weighted by molar-refractivity contribution is 0.660. The summed E-state index contributed by atoms with van der Waals surface area (Å²) in [5, 5.41) is 9.61. The van der Waals surface area contributed by atoms with Crippen molar-refractivity contribution in [1.29, 1.82) is 5.26 Å². The zero-order valence-corrected chi connectivity index (χ0v) is 26.3. The Morgan fingerprint density at radius 2 is 1.04 bits per heavy atom. The zero-order valence-electron chi connectivity index (χ0n) is 26.3. The molecule has 222 valence electrons. The van der Waals surface area contributed by atoms with Crippen molar-refractivity contribution in [3.63, 3.8) is 0 Å². The molecular weight excluding hydrogens is 571 g/mol. The Hall–Kier alpha value is -6.11. The highest BCUT2D eigenvalue weighted by molar-refractivity contribution is 5.93. The van der Waals surface area contributed by atoms with Gasteiger partial charge in [0.05, 0.1) is 23.0 Å². The van der Waals surface area contributed by atoms with Gasteiger partial charge in [-0.1, -0.05) is 141 Å². The average Bonchev–Trinajstić information content (AvgIpc) is 3.37. The van der Waals surface area contributed by atoms with E-state index in [1.165, 1.54) is 33.4 Å². The van der Waals surface area contributed by atoms with E-state index in [1.54, 1.807) is 0 Å². The van der Waals surface area contributed by atoms with Crippen molar-refractivity contribution in [1.82, 2.24) is 9.97 Å². The van der Waals surface area contributed by atoms with E-state index in [0.29, 0.717) is 11.4 Å². The third kappa shape index (κ3) is 5.01. The van der Waals surface area contributed by atoms with Crippen LogP contribution in [0.15, 0.2) is 152 Å². The molecule has 0 unspecified atom stereocenters. The van der Waals surface area contributed by atoms with Gasteiger partial charge in [-0.2, -0.15) is 5.26 Å². The molecule has 0 saturated carbocycles. The number of fused-ring (bicyclic) bond motifs is 3. The van der Waals surface area contributed by atoms with Crippen molar-refractivity contribution in [2.45, 2.75) is 19.3 Å². The fraction of sp³-hybridized carbons (Fsp3) is 0.0682. The number of rotatable bonds is 5. The molecular formula is C44H31N3. The van der Waals surface area contributed by atoms with E-state index in [2.05, 4.69) is 135 Å². The van der Waals surface area contributed by atoms with Gasteiger partial charge in [-0.15, -0.1) is 0 Å². The summed E-state index contributed by atoms with van der Waals surface area (Å²) >= 11 is 0. The van der Waals surface area contributed by atoms with Crippen molar-refractivity contribution >= 4 is 0 Å². The zero-order chi connectivity index (χ0) is 32.0. The molecule has 3 heteroatoms. The molecule has 3 nitrogen and oxygen atoms in total. The first kappa shape index (κ1) is 28.4. The molecule has 1 aliphatic rings. The van der Waals surface area contributed by atoms with Crippen molar-refractivity contribution in [3.05, 3.63) is 168 Å². The minimum atomic E-state index is -0.205. The highest BCUT2D eigenvalue weighted by atomic mass is 14.9. The second kappa shape index (κ2) is 11.4. The maximum absolute atomic E-state index is 9.61. The molecule has 0 amide bonds. The molecule has 0 radical (unpaired) electrons. The first-order valence-electron chi connectivity index (χ1n) is 15.9. The summed E-state index contributed by atoms with van der Waals surface area (Å²) < 4.78 is 0. The van der Waals surface area contributed by atoms with Gasteiger partial charge >= 0.3 is 0 Å². The molecule has 0 fully saturated rings. The normalized spacial score (nSPS) is 12.6. The Morgan fingerprint density at radius 1 is 0.468 bits per heavy atom. The molecule has 47 heavy (non-hydrogen) atoms. The number of nitrogens with zero attached hydrogens (tertiary/aromatic N) is 3. The van der Waals surface area contributed by atoms with Crippen LogP contribution in [0.1, 0.15) is 30.5 Å². The van der Waals surface area contributed by atoms with Gasteiger partial charge < -0.3 is 0 Å². The Kier molecular flexibility index (Phi) is 6.85. The van der Waals surface area contributed by atoms with E-state index in [4.69, 9.17) is 9.97 Å². The summed E-state index contributed by atoms with van der Waals surface area (Å²) in [5.41, 5.74) is 14.8. The number of aromatic nitrogens is 2. The van der Waals surface area contributed by atoms with Gasteiger partial charge in [0.2, 0.25) is 0 Å². The van der Waals surface area contributed by atoms with Crippen molar-refractivity contribution in [3.8, 4) is 73.4 Å². The van der Waals surface area contributed by atoms with Gasteiger partial charge in [0.25, 0.3) is 0 Å². The molecule has 1 aromatic heterocycles. The number of benzene rings is 6. The standard InChI is InChI=1S/C44H31N3/c1-44(2)38-18-10-17-36(42(38)37-24-19-29(28-45)25-39(37)44)34-15-9-16-35(26-34)43-46-40(32-13-7-4-8-14-32)27-41(47-43)33-22-20-31(21-23-33)30-11-5-3-6-12-30/h3-27H,1-2H3. The maximum atomic E-state index is 9.61. The van der Waals surface area contributed by atoms with Gasteiger partial charge in [-0.25, -0.2) is 9.97 Å². The van der Waals surface area contributed by atoms with Crippen LogP contribution in [-0.2, 0) is 5.41 Å². The van der Waals surface area contributed by atoms with Crippen LogP contribution in [0.3, 0.4) is 0 Å². The first-order chi connectivity index (χ1) is 23.0. The van der Waals surface area contributed by atoms with Crippen LogP contribution in [0.4, 0.5) is 0 Å². The number of nitriles is 1. The third-order valence-electron chi connectivity index (χ3n) is 9.34. The van der Waals surface area contributed by atoms with Crippen molar-refractivity contribution in [2.24, 2.45) is 0 Å². The fourth-order valence-electron chi connectivity index (χ4n) is 6.87. The molecule has 0 saturated heterocycles. The predicted octanol–water partition coefficient (Wildman–Crippen LogP) is 11.0. The summed E-state index contributed by atoms with van der Waals surface area (Å²) in [7, 11) is 0. The quantitative estimate of drug-likeness (QED) is 0.197. The Labute approximate surface area is 275 Å². The smallest absolute Gasteiger partial charge is 0.160 e. The second-order valence-corrected chi connectivity index (χ2v) is 12.6. The van der Waals surface area contributed by atoms with E-state index in [0.717, 1.165) is 39.2 Å². The molecule has 0 spiro atoms. The molecule has 1 aliphatic carbocycles. The number of hydrogen-bond donors (Lipinski definition) is 0. The van der Waals surface area contributed by atoms with Crippen LogP contribution >= 0.6 is 0 Å². The van der Waals surface area contributed by atoms with E-state index < -0.39 is 0 Å². The van der Waals surface area contributed by atoms with Crippen LogP contribution in [-0.4, -0.2) is 9.97 Å². The van der Waals surface area contributed by atoms with Gasteiger partial charge in [0.1, 0.15) is 0 Å². The van der Waals surface area contributed by atoms with E-state index in [9.17, 15) is 5.26 Å². The monoisotopic (exact) mass is 601 g/mol. The van der Waals surface area contributed by atoms with E-state index >= 15 is 0 Å². The highest BCUT2D eigenvalue weighted by Crippen LogP contribution is 2.52. The molecule has 0 atom stereocenters. The van der Waals surface area contributed by atoms with E-state index in [-0.39, 0.29) is 5.41 Å². The van der Waals surface area contributed by atoms with Gasteiger partial charge in [-0.05, 0) is 68.8 Å². The van der Waals surface area contributed by atoms with Crippen LogP contribution in [0.2, 0.25) is 0 Å². The summed E-state index contributed by atoms with van der Waals surface area (Å²) in [5.74, 6) is 0.683. The second-order valence-electron chi connectivity index (χ2n) is 12.6. The minimum Gasteiger partial charge on any atom is -0.228 e.